The van der Waals surface area contributed by atoms with Crippen LogP contribution in [0.2, 0.25) is 0 Å². The summed E-state index contributed by atoms with van der Waals surface area (Å²) in [6, 6.07) is 5.65. The van der Waals surface area contributed by atoms with Gasteiger partial charge in [-0.3, -0.25) is 4.98 Å². The van der Waals surface area contributed by atoms with Crippen molar-refractivity contribution >= 4 is 10.9 Å². The highest BCUT2D eigenvalue weighted by Gasteiger charge is 2.32. The lowest BCUT2D eigenvalue weighted by molar-refractivity contribution is -0.0291. The van der Waals surface area contributed by atoms with E-state index in [-0.39, 0.29) is 5.69 Å². The fourth-order valence-electron chi connectivity index (χ4n) is 2.18. The van der Waals surface area contributed by atoms with Gasteiger partial charge in [0.15, 0.2) is 0 Å². The van der Waals surface area contributed by atoms with Gasteiger partial charge in [0.05, 0.1) is 11.2 Å². The van der Waals surface area contributed by atoms with Crippen molar-refractivity contribution < 1.29 is 18.3 Å². The van der Waals surface area contributed by atoms with Crippen molar-refractivity contribution in [2.24, 2.45) is 0 Å². The minimum Gasteiger partial charge on any atom is -0.384 e. The van der Waals surface area contributed by atoms with Crippen LogP contribution in [0.3, 0.4) is 0 Å². The Hall–Kier alpha value is -2.55. The lowest BCUT2D eigenvalue weighted by Gasteiger charge is -2.21. The molecule has 2 atom stereocenters. The largest absolute Gasteiger partial charge is 0.384 e. The number of aliphatic hydroxyl groups is 1. The molecule has 9 heteroatoms. The van der Waals surface area contributed by atoms with Crippen LogP contribution in [0.15, 0.2) is 36.7 Å². The molecule has 22 heavy (non-hydrogen) atoms. The molecule has 6 nitrogen and oxygen atoms in total. The van der Waals surface area contributed by atoms with Crippen molar-refractivity contribution in [3.63, 3.8) is 0 Å². The van der Waals surface area contributed by atoms with Crippen molar-refractivity contribution in [3.05, 3.63) is 48.2 Å². The van der Waals surface area contributed by atoms with Crippen LogP contribution in [0.1, 0.15) is 11.7 Å². The van der Waals surface area contributed by atoms with Gasteiger partial charge in [-0.1, -0.05) is 6.07 Å². The summed E-state index contributed by atoms with van der Waals surface area (Å²) in [6.07, 6.45) is -3.92. The predicted octanol–water partition coefficient (Wildman–Crippen LogP) is 1.58. The maximum atomic E-state index is 13.2. The second-order valence-corrected chi connectivity index (χ2v) is 4.63. The highest BCUT2D eigenvalue weighted by Crippen LogP contribution is 2.25. The SMILES string of the molecule is OC(C(F)F)C(c1ccc2cc(F)ccc2n1)n1cnnn1. The molecule has 0 spiro atoms. The zero-order valence-corrected chi connectivity index (χ0v) is 11.0. The molecule has 0 saturated heterocycles. The van der Waals surface area contributed by atoms with E-state index in [4.69, 9.17) is 0 Å². The molecule has 3 rings (SSSR count). The Morgan fingerprint density at radius 3 is 2.64 bits per heavy atom. The molecule has 114 valence electrons. The van der Waals surface area contributed by atoms with Gasteiger partial charge < -0.3 is 5.11 Å². The van der Waals surface area contributed by atoms with Crippen molar-refractivity contribution in [2.75, 3.05) is 0 Å². The van der Waals surface area contributed by atoms with Gasteiger partial charge in [0, 0.05) is 5.39 Å². The molecular formula is C13H10F3N5O. The van der Waals surface area contributed by atoms with Gasteiger partial charge in [-0.05, 0) is 34.7 Å². The Morgan fingerprint density at radius 2 is 1.95 bits per heavy atom. The molecule has 2 aromatic heterocycles. The average molecular weight is 309 g/mol. The number of nitrogens with zero attached hydrogens (tertiary/aromatic N) is 5. The Labute approximate surface area is 122 Å². The van der Waals surface area contributed by atoms with Crippen LogP contribution in [0.25, 0.3) is 10.9 Å². The van der Waals surface area contributed by atoms with E-state index in [0.29, 0.717) is 10.9 Å². The molecule has 2 unspecified atom stereocenters. The quantitative estimate of drug-likeness (QED) is 0.792. The number of rotatable bonds is 4. The van der Waals surface area contributed by atoms with Crippen molar-refractivity contribution in [1.29, 1.82) is 0 Å². The number of tetrazole rings is 1. The molecule has 0 saturated carbocycles. The fraction of sp³-hybridized carbons (Fsp3) is 0.231. The number of halogens is 3. The highest BCUT2D eigenvalue weighted by atomic mass is 19.3. The molecule has 2 heterocycles. The second kappa shape index (κ2) is 5.68. The second-order valence-electron chi connectivity index (χ2n) is 4.63. The Kier molecular flexibility index (Phi) is 3.72. The first-order chi connectivity index (χ1) is 10.6. The van der Waals surface area contributed by atoms with Gasteiger partial charge in [0.2, 0.25) is 0 Å². The first kappa shape index (κ1) is 14.4. The number of hydrogen-bond acceptors (Lipinski definition) is 5. The number of benzene rings is 1. The predicted molar refractivity (Wildman–Crippen MR) is 69.7 cm³/mol. The molecule has 1 N–H and O–H groups in total. The van der Waals surface area contributed by atoms with Gasteiger partial charge in [-0.2, -0.15) is 0 Å². The van der Waals surface area contributed by atoms with Crippen molar-refractivity contribution in [3.8, 4) is 0 Å². The van der Waals surface area contributed by atoms with E-state index in [9.17, 15) is 18.3 Å². The van der Waals surface area contributed by atoms with Crippen LogP contribution in [0.4, 0.5) is 13.2 Å². The third kappa shape index (κ3) is 2.62. The molecule has 0 bridgehead atoms. The zero-order valence-electron chi connectivity index (χ0n) is 11.0. The summed E-state index contributed by atoms with van der Waals surface area (Å²) in [7, 11) is 0. The van der Waals surface area contributed by atoms with Gasteiger partial charge in [0.1, 0.15) is 24.3 Å². The zero-order chi connectivity index (χ0) is 15.7. The first-order valence-corrected chi connectivity index (χ1v) is 6.31. The summed E-state index contributed by atoms with van der Waals surface area (Å²) in [5, 5.41) is 20.6. The van der Waals surface area contributed by atoms with E-state index in [0.717, 1.165) is 11.0 Å². The van der Waals surface area contributed by atoms with Gasteiger partial charge >= 0.3 is 0 Å². The summed E-state index contributed by atoms with van der Waals surface area (Å²) in [5.74, 6) is -0.424. The van der Waals surface area contributed by atoms with Gasteiger partial charge in [0.25, 0.3) is 6.43 Å². The maximum Gasteiger partial charge on any atom is 0.266 e. The first-order valence-electron chi connectivity index (χ1n) is 6.31. The van der Waals surface area contributed by atoms with E-state index in [1.54, 1.807) is 0 Å². The van der Waals surface area contributed by atoms with Crippen LogP contribution >= 0.6 is 0 Å². The van der Waals surface area contributed by atoms with Gasteiger partial charge in [-0.15, -0.1) is 5.10 Å². The summed E-state index contributed by atoms with van der Waals surface area (Å²) < 4.78 is 40.0. The molecule has 0 amide bonds. The highest BCUT2D eigenvalue weighted by molar-refractivity contribution is 5.78. The summed E-state index contributed by atoms with van der Waals surface area (Å²) in [6.45, 7) is 0. The maximum absolute atomic E-state index is 13.2. The van der Waals surface area contributed by atoms with E-state index >= 15 is 0 Å². The van der Waals surface area contributed by atoms with Crippen LogP contribution in [-0.2, 0) is 0 Å². The minimum absolute atomic E-state index is 0.152. The molecule has 0 aliphatic carbocycles. The van der Waals surface area contributed by atoms with Crippen LogP contribution in [0.5, 0.6) is 0 Å². The normalized spacial score (nSPS) is 14.4. The molecule has 3 aromatic rings. The minimum atomic E-state index is -3.00. The van der Waals surface area contributed by atoms with Crippen LogP contribution in [-0.4, -0.2) is 42.8 Å². The van der Waals surface area contributed by atoms with Crippen LogP contribution in [0, 0.1) is 5.82 Å². The standard InChI is InChI=1S/C13H10F3N5O/c14-8-2-4-9-7(5-8)1-3-10(18-9)11(12(22)13(15)16)21-6-17-19-20-21/h1-6,11-13,22H. The molecular weight excluding hydrogens is 299 g/mol. The smallest absolute Gasteiger partial charge is 0.266 e. The Morgan fingerprint density at radius 1 is 1.14 bits per heavy atom. The fourth-order valence-corrected chi connectivity index (χ4v) is 2.18. The third-order valence-electron chi connectivity index (χ3n) is 3.21. The summed E-state index contributed by atoms with van der Waals surface area (Å²) in [5.41, 5.74) is 0.567. The Bertz CT molecular complexity index is 780. The molecule has 0 radical (unpaired) electrons. The number of aliphatic hydroxyl groups excluding tert-OH is 1. The number of hydrogen-bond donors (Lipinski definition) is 1. The van der Waals surface area contributed by atoms with Crippen LogP contribution < -0.4 is 0 Å². The topological polar surface area (TPSA) is 76.7 Å². The lowest BCUT2D eigenvalue weighted by Crippen LogP contribution is -2.32. The van der Waals surface area contributed by atoms with Crippen molar-refractivity contribution in [2.45, 2.75) is 18.6 Å². The van der Waals surface area contributed by atoms with Crippen molar-refractivity contribution in [1.82, 2.24) is 25.2 Å². The number of fused-ring (bicyclic) bond motifs is 1. The number of alkyl halides is 2. The Balaban J connectivity index is 2.09. The van der Waals surface area contributed by atoms with E-state index in [1.807, 2.05) is 0 Å². The molecule has 0 aliphatic rings. The summed E-state index contributed by atoms with van der Waals surface area (Å²) in [4.78, 5) is 4.20. The van der Waals surface area contributed by atoms with Gasteiger partial charge in [-0.25, -0.2) is 17.9 Å². The van der Waals surface area contributed by atoms with E-state index in [1.165, 1.54) is 30.3 Å². The molecule has 1 aromatic carbocycles. The number of aromatic nitrogens is 5. The number of pyridine rings is 1. The molecule has 0 aliphatic heterocycles. The van der Waals surface area contributed by atoms with E-state index < -0.39 is 24.4 Å². The lowest BCUT2D eigenvalue weighted by atomic mass is 10.1. The van der Waals surface area contributed by atoms with E-state index in [2.05, 4.69) is 20.5 Å². The monoisotopic (exact) mass is 309 g/mol. The summed E-state index contributed by atoms with van der Waals surface area (Å²) >= 11 is 0. The molecule has 0 fully saturated rings. The third-order valence-corrected chi connectivity index (χ3v) is 3.21. The average Bonchev–Trinajstić information content (AvgIpc) is 3.01.